The van der Waals surface area contributed by atoms with Gasteiger partial charge in [-0.2, -0.15) is 0 Å². The van der Waals surface area contributed by atoms with E-state index in [9.17, 15) is 5.11 Å². The van der Waals surface area contributed by atoms with Crippen molar-refractivity contribution in [1.29, 1.82) is 0 Å². The highest BCUT2D eigenvalue weighted by atomic mass is 16.5. The molecule has 0 bridgehead atoms. The van der Waals surface area contributed by atoms with Gasteiger partial charge in [0, 0.05) is 23.4 Å². The Hall–Kier alpha value is -2.95. The van der Waals surface area contributed by atoms with Gasteiger partial charge < -0.3 is 9.84 Å². The van der Waals surface area contributed by atoms with E-state index in [0.29, 0.717) is 23.7 Å². The van der Waals surface area contributed by atoms with Crippen LogP contribution in [0.2, 0.25) is 0 Å². The lowest BCUT2D eigenvalue weighted by Crippen LogP contribution is -2.00. The Bertz CT molecular complexity index is 848. The molecule has 0 amide bonds. The van der Waals surface area contributed by atoms with E-state index in [0.717, 1.165) is 17.7 Å². The molecule has 28 heavy (non-hydrogen) atoms. The monoisotopic (exact) mass is 377 g/mol. The van der Waals surface area contributed by atoms with E-state index < -0.39 is 0 Å². The zero-order chi connectivity index (χ0) is 19.6. The molecule has 146 valence electrons. The third-order valence-corrected chi connectivity index (χ3v) is 4.63. The summed E-state index contributed by atoms with van der Waals surface area (Å²) in [6, 6.07) is 14.7. The van der Waals surface area contributed by atoms with Crippen molar-refractivity contribution in [1.82, 2.24) is 15.2 Å². The van der Waals surface area contributed by atoms with E-state index in [2.05, 4.69) is 22.1 Å². The number of ether oxygens (including phenoxy) is 1. The van der Waals surface area contributed by atoms with Crippen molar-refractivity contribution in [3.8, 4) is 34.1 Å². The van der Waals surface area contributed by atoms with Crippen molar-refractivity contribution in [3.05, 3.63) is 54.7 Å². The molecule has 2 aromatic heterocycles. The van der Waals surface area contributed by atoms with Gasteiger partial charge in [0.15, 0.2) is 0 Å². The summed E-state index contributed by atoms with van der Waals surface area (Å²) in [4.78, 5) is 4.44. The number of hydrogen-bond acceptors (Lipinski definition) is 5. The van der Waals surface area contributed by atoms with Crippen molar-refractivity contribution < 1.29 is 9.84 Å². The number of phenolic OH excluding ortho intramolecular Hbond substituents is 1. The summed E-state index contributed by atoms with van der Waals surface area (Å²) in [5.74, 6) is 0.769. The molecule has 3 aromatic rings. The topological polar surface area (TPSA) is 68.1 Å². The van der Waals surface area contributed by atoms with Gasteiger partial charge in [0.1, 0.15) is 5.75 Å². The highest BCUT2D eigenvalue weighted by Crippen LogP contribution is 2.28. The second-order valence-corrected chi connectivity index (χ2v) is 6.82. The lowest BCUT2D eigenvalue weighted by Gasteiger charge is -2.07. The average Bonchev–Trinajstić information content (AvgIpc) is 2.74. The van der Waals surface area contributed by atoms with Crippen molar-refractivity contribution in [2.75, 3.05) is 6.61 Å². The van der Waals surface area contributed by atoms with Crippen LogP contribution in [0.25, 0.3) is 22.5 Å². The maximum absolute atomic E-state index is 9.95. The maximum Gasteiger partial charge on any atom is 0.233 e. The number of hydrogen-bond donors (Lipinski definition) is 1. The number of rotatable bonds is 10. The first-order valence-corrected chi connectivity index (χ1v) is 9.99. The first kappa shape index (κ1) is 19.8. The van der Waals surface area contributed by atoms with E-state index in [-0.39, 0.29) is 5.75 Å². The molecule has 3 rings (SSSR count). The van der Waals surface area contributed by atoms with Gasteiger partial charge >= 0.3 is 0 Å². The number of aromatic hydroxyl groups is 1. The van der Waals surface area contributed by atoms with Gasteiger partial charge in [-0.1, -0.05) is 51.2 Å². The molecular weight excluding hydrogens is 350 g/mol. The summed E-state index contributed by atoms with van der Waals surface area (Å²) >= 11 is 0. The average molecular weight is 377 g/mol. The maximum atomic E-state index is 9.95. The Morgan fingerprint density at radius 2 is 1.61 bits per heavy atom. The molecule has 0 spiro atoms. The summed E-state index contributed by atoms with van der Waals surface area (Å²) in [7, 11) is 0. The van der Waals surface area contributed by atoms with Gasteiger partial charge in [-0.25, -0.2) is 0 Å². The Labute approximate surface area is 166 Å². The van der Waals surface area contributed by atoms with Crippen LogP contribution in [0, 0.1) is 0 Å². The zero-order valence-electron chi connectivity index (χ0n) is 16.3. The molecule has 0 aliphatic heterocycles. The van der Waals surface area contributed by atoms with Crippen molar-refractivity contribution in [2.45, 2.75) is 45.4 Å². The summed E-state index contributed by atoms with van der Waals surface area (Å²) in [6.07, 6.45) is 9.14. The normalized spacial score (nSPS) is 10.8. The summed E-state index contributed by atoms with van der Waals surface area (Å²) in [5.41, 5.74) is 3.03. The summed E-state index contributed by atoms with van der Waals surface area (Å²) in [5, 5.41) is 18.3. The standard InChI is InChI=1S/C23H27N3O2/c1-2-3-4-5-6-9-16-28-23-15-14-20(25-26-23)18-12-13-21(24-17-18)19-10-7-8-11-22(19)27/h7-8,10-15,17,27H,2-6,9,16H2,1H3. The van der Waals surface area contributed by atoms with Crippen molar-refractivity contribution >= 4 is 0 Å². The molecule has 1 aromatic carbocycles. The predicted molar refractivity (Wildman–Crippen MR) is 111 cm³/mol. The van der Waals surface area contributed by atoms with E-state index >= 15 is 0 Å². The molecule has 0 saturated carbocycles. The van der Waals surface area contributed by atoms with E-state index in [4.69, 9.17) is 4.74 Å². The SMILES string of the molecule is CCCCCCCCOc1ccc(-c2ccc(-c3ccccc3O)nc2)nn1. The van der Waals surface area contributed by atoms with Crippen LogP contribution in [-0.2, 0) is 0 Å². The molecule has 2 heterocycles. The molecule has 0 unspecified atom stereocenters. The number of unbranched alkanes of at least 4 members (excludes halogenated alkanes) is 5. The largest absolute Gasteiger partial charge is 0.507 e. The van der Waals surface area contributed by atoms with Crippen LogP contribution in [0.1, 0.15) is 45.4 Å². The minimum absolute atomic E-state index is 0.217. The van der Waals surface area contributed by atoms with Crippen LogP contribution in [-0.4, -0.2) is 26.9 Å². The van der Waals surface area contributed by atoms with Gasteiger partial charge in [-0.15, -0.1) is 10.2 Å². The summed E-state index contributed by atoms with van der Waals surface area (Å²) < 4.78 is 5.68. The molecule has 0 fully saturated rings. The number of benzene rings is 1. The molecule has 5 nitrogen and oxygen atoms in total. The van der Waals surface area contributed by atoms with Gasteiger partial charge in [0.25, 0.3) is 0 Å². The van der Waals surface area contributed by atoms with Crippen molar-refractivity contribution in [3.63, 3.8) is 0 Å². The molecule has 0 atom stereocenters. The molecule has 0 saturated heterocycles. The van der Waals surface area contributed by atoms with Crippen LogP contribution in [0.15, 0.2) is 54.7 Å². The first-order chi connectivity index (χ1) is 13.8. The lowest BCUT2D eigenvalue weighted by atomic mass is 10.1. The Morgan fingerprint density at radius 3 is 2.32 bits per heavy atom. The molecule has 1 N–H and O–H groups in total. The van der Waals surface area contributed by atoms with Crippen LogP contribution >= 0.6 is 0 Å². The second-order valence-electron chi connectivity index (χ2n) is 6.82. The van der Waals surface area contributed by atoms with E-state index in [1.165, 1.54) is 32.1 Å². The Morgan fingerprint density at radius 1 is 0.821 bits per heavy atom. The van der Waals surface area contributed by atoms with Gasteiger partial charge in [0.2, 0.25) is 5.88 Å². The van der Waals surface area contributed by atoms with Gasteiger partial charge in [0.05, 0.1) is 18.0 Å². The third kappa shape index (κ3) is 5.52. The minimum Gasteiger partial charge on any atom is -0.507 e. The third-order valence-electron chi connectivity index (χ3n) is 4.63. The number of pyridine rings is 1. The molecule has 0 aliphatic carbocycles. The fraction of sp³-hybridized carbons (Fsp3) is 0.348. The number of phenols is 1. The molecule has 0 aliphatic rings. The number of para-hydroxylation sites is 1. The second kappa shape index (κ2) is 10.4. The predicted octanol–water partition coefficient (Wildman–Crippen LogP) is 5.65. The number of nitrogens with zero attached hydrogens (tertiary/aromatic N) is 3. The Kier molecular flexibility index (Phi) is 7.36. The fourth-order valence-corrected chi connectivity index (χ4v) is 3.01. The lowest BCUT2D eigenvalue weighted by molar-refractivity contribution is 0.290. The van der Waals surface area contributed by atoms with Crippen LogP contribution < -0.4 is 4.74 Å². The van der Waals surface area contributed by atoms with Crippen LogP contribution in [0.4, 0.5) is 0 Å². The molecular formula is C23H27N3O2. The highest BCUT2D eigenvalue weighted by molar-refractivity contribution is 5.68. The first-order valence-electron chi connectivity index (χ1n) is 9.99. The summed E-state index contributed by atoms with van der Waals surface area (Å²) in [6.45, 7) is 2.90. The van der Waals surface area contributed by atoms with Gasteiger partial charge in [-0.05, 0) is 36.8 Å². The highest BCUT2D eigenvalue weighted by Gasteiger charge is 2.07. The van der Waals surface area contributed by atoms with Gasteiger partial charge in [-0.3, -0.25) is 4.98 Å². The fourth-order valence-electron chi connectivity index (χ4n) is 3.01. The van der Waals surface area contributed by atoms with E-state index in [1.54, 1.807) is 18.3 Å². The molecule has 0 radical (unpaired) electrons. The quantitative estimate of drug-likeness (QED) is 0.462. The Balaban J connectivity index is 1.53. The van der Waals surface area contributed by atoms with Crippen LogP contribution in [0.5, 0.6) is 11.6 Å². The van der Waals surface area contributed by atoms with E-state index in [1.807, 2.05) is 36.4 Å². The zero-order valence-corrected chi connectivity index (χ0v) is 16.3. The number of aromatic nitrogens is 3. The van der Waals surface area contributed by atoms with Crippen LogP contribution in [0.3, 0.4) is 0 Å². The minimum atomic E-state index is 0.217. The molecule has 5 heteroatoms. The smallest absolute Gasteiger partial charge is 0.233 e. The van der Waals surface area contributed by atoms with Crippen molar-refractivity contribution in [2.24, 2.45) is 0 Å².